The number of phosphoric acid groups is 1. The average Bonchev–Trinajstić information content (AvgIpc) is 2.96. The molecule has 4 aromatic carbocycles. The molecular formula is C30H31ClNO6P. The highest BCUT2D eigenvalue weighted by Gasteiger charge is 2.29. The van der Waals surface area contributed by atoms with Crippen molar-refractivity contribution in [3.63, 3.8) is 0 Å². The van der Waals surface area contributed by atoms with E-state index in [1.807, 2.05) is 91.0 Å². The van der Waals surface area contributed by atoms with E-state index in [9.17, 15) is 9.36 Å². The maximum absolute atomic E-state index is 13.5. The first kappa shape index (κ1) is 30.1. The lowest BCUT2D eigenvalue weighted by atomic mass is 10.1. The zero-order valence-corrected chi connectivity index (χ0v) is 23.0. The molecule has 0 aliphatic rings. The minimum atomic E-state index is -3.97. The number of hydrogen-bond acceptors (Lipinski definition) is 7. The third-order valence-corrected chi connectivity index (χ3v) is 6.91. The molecule has 4 rings (SSSR count). The highest BCUT2D eigenvalue weighted by molar-refractivity contribution is 7.48. The highest BCUT2D eigenvalue weighted by atomic mass is 35.5. The first-order chi connectivity index (χ1) is 18.5. The van der Waals surface area contributed by atoms with E-state index in [1.165, 1.54) is 0 Å². The predicted molar refractivity (Wildman–Crippen MR) is 152 cm³/mol. The minimum absolute atomic E-state index is 0. The Kier molecular flexibility index (Phi) is 11.7. The molecule has 0 unspecified atom stereocenters. The summed E-state index contributed by atoms with van der Waals surface area (Å²) < 4.78 is 35.9. The van der Waals surface area contributed by atoms with Crippen LogP contribution < -0.4 is 10.3 Å². The fourth-order valence-electron chi connectivity index (χ4n) is 3.53. The Balaban J connectivity index is 0.00000420. The van der Waals surface area contributed by atoms with Gasteiger partial charge in [-0.25, -0.2) is 4.57 Å². The fraction of sp³-hybridized carbons (Fsp3) is 0.167. The van der Waals surface area contributed by atoms with Gasteiger partial charge in [0, 0.05) is 0 Å². The molecule has 7 nitrogen and oxygen atoms in total. The standard InChI is InChI=1S/C30H30NO6P.ClH/c31-29(30(32)34-21-25-10-4-1-5-11-25)20-24-16-18-28(19-17-24)37-38(33,35-22-26-12-6-2-7-13-26)36-23-27-14-8-3-9-15-27;/h1-19,29H,20-23,31H2;1H/t29-;/m0./s1. The number of esters is 1. The lowest BCUT2D eigenvalue weighted by Crippen LogP contribution is -2.34. The molecule has 0 aliphatic heterocycles. The summed E-state index contributed by atoms with van der Waals surface area (Å²) in [6.07, 6.45) is 0.278. The van der Waals surface area contributed by atoms with Crippen LogP contribution in [0.1, 0.15) is 22.3 Å². The largest absolute Gasteiger partial charge is 0.530 e. The van der Waals surface area contributed by atoms with Crippen molar-refractivity contribution in [2.24, 2.45) is 5.73 Å². The van der Waals surface area contributed by atoms with Gasteiger partial charge in [0.05, 0.1) is 13.2 Å². The number of carbonyl (C=O) groups is 1. The van der Waals surface area contributed by atoms with E-state index in [0.29, 0.717) is 5.75 Å². The summed E-state index contributed by atoms with van der Waals surface area (Å²) in [5.74, 6) is -0.180. The van der Waals surface area contributed by atoms with Gasteiger partial charge in [0.15, 0.2) is 0 Å². The van der Waals surface area contributed by atoms with Crippen LogP contribution in [-0.4, -0.2) is 12.0 Å². The molecule has 4 aromatic rings. The van der Waals surface area contributed by atoms with Gasteiger partial charge < -0.3 is 15.0 Å². The Labute approximate surface area is 234 Å². The van der Waals surface area contributed by atoms with Crippen LogP contribution >= 0.6 is 20.2 Å². The van der Waals surface area contributed by atoms with E-state index in [0.717, 1.165) is 22.3 Å². The normalized spacial score (nSPS) is 11.7. The molecule has 39 heavy (non-hydrogen) atoms. The topological polar surface area (TPSA) is 97.1 Å². The Hall–Kier alpha value is -3.45. The van der Waals surface area contributed by atoms with Crippen LogP contribution in [0.3, 0.4) is 0 Å². The van der Waals surface area contributed by atoms with Gasteiger partial charge in [0.2, 0.25) is 0 Å². The van der Waals surface area contributed by atoms with Crippen LogP contribution in [-0.2, 0) is 49.4 Å². The molecule has 9 heteroatoms. The smallest absolute Gasteiger partial charge is 0.460 e. The Morgan fingerprint density at radius 2 is 1.08 bits per heavy atom. The van der Waals surface area contributed by atoms with Crippen LogP contribution in [0.5, 0.6) is 5.75 Å². The summed E-state index contributed by atoms with van der Waals surface area (Å²) in [5, 5.41) is 0. The van der Waals surface area contributed by atoms with Crippen LogP contribution in [0.2, 0.25) is 0 Å². The molecule has 0 saturated carbocycles. The van der Waals surface area contributed by atoms with E-state index < -0.39 is 19.8 Å². The maximum Gasteiger partial charge on any atom is 0.530 e. The van der Waals surface area contributed by atoms with Crippen molar-refractivity contribution in [1.82, 2.24) is 0 Å². The van der Waals surface area contributed by atoms with E-state index in [2.05, 4.69) is 0 Å². The third kappa shape index (κ3) is 9.98. The molecule has 0 spiro atoms. The number of carbonyl (C=O) groups excluding carboxylic acids is 1. The quantitative estimate of drug-likeness (QED) is 0.143. The van der Waals surface area contributed by atoms with Crippen molar-refractivity contribution in [3.05, 3.63) is 138 Å². The summed E-state index contributed by atoms with van der Waals surface area (Å²) in [6.45, 7) is 0.289. The second kappa shape index (κ2) is 15.2. The Morgan fingerprint density at radius 1 is 0.641 bits per heavy atom. The molecule has 1 atom stereocenters. The number of rotatable bonds is 13. The van der Waals surface area contributed by atoms with Crippen molar-refractivity contribution in [3.8, 4) is 5.75 Å². The van der Waals surface area contributed by atoms with E-state index in [-0.39, 0.29) is 38.6 Å². The molecule has 2 N–H and O–H groups in total. The number of benzene rings is 4. The number of ether oxygens (including phenoxy) is 1. The molecule has 0 fully saturated rings. The maximum atomic E-state index is 13.5. The summed E-state index contributed by atoms with van der Waals surface area (Å²) in [7, 11) is -3.97. The number of nitrogens with two attached hydrogens (primary N) is 1. The molecule has 0 saturated heterocycles. The van der Waals surface area contributed by atoms with Crippen molar-refractivity contribution in [2.45, 2.75) is 32.3 Å². The van der Waals surface area contributed by atoms with Gasteiger partial charge in [0.25, 0.3) is 0 Å². The highest BCUT2D eigenvalue weighted by Crippen LogP contribution is 2.51. The van der Waals surface area contributed by atoms with E-state index in [1.54, 1.807) is 24.3 Å². The summed E-state index contributed by atoms with van der Waals surface area (Å²) >= 11 is 0. The van der Waals surface area contributed by atoms with Crippen LogP contribution in [0, 0.1) is 0 Å². The van der Waals surface area contributed by atoms with E-state index >= 15 is 0 Å². The monoisotopic (exact) mass is 567 g/mol. The SMILES string of the molecule is Cl.N[C@@H](Cc1ccc(OP(=O)(OCc2ccccc2)OCc2ccccc2)cc1)C(=O)OCc1ccccc1. The fourth-order valence-corrected chi connectivity index (χ4v) is 4.71. The Bertz CT molecular complexity index is 1280. The molecule has 204 valence electrons. The zero-order valence-electron chi connectivity index (χ0n) is 21.3. The molecule has 0 aliphatic carbocycles. The predicted octanol–water partition coefficient (Wildman–Crippen LogP) is 6.64. The Morgan fingerprint density at radius 3 is 1.54 bits per heavy atom. The molecule has 0 heterocycles. The lowest BCUT2D eigenvalue weighted by molar-refractivity contribution is -0.146. The van der Waals surface area contributed by atoms with Crippen LogP contribution in [0.25, 0.3) is 0 Å². The zero-order chi connectivity index (χ0) is 26.6. The van der Waals surface area contributed by atoms with Gasteiger partial charge in [-0.3, -0.25) is 13.8 Å². The molecule has 0 bridgehead atoms. The van der Waals surface area contributed by atoms with Crippen molar-refractivity contribution < 1.29 is 27.7 Å². The van der Waals surface area contributed by atoms with Crippen molar-refractivity contribution in [1.29, 1.82) is 0 Å². The number of hydrogen-bond donors (Lipinski definition) is 1. The number of halogens is 1. The molecule has 0 radical (unpaired) electrons. The summed E-state index contributed by atoms with van der Waals surface area (Å²) in [6, 6.07) is 34.1. The van der Waals surface area contributed by atoms with Gasteiger partial charge >= 0.3 is 13.8 Å². The minimum Gasteiger partial charge on any atom is -0.460 e. The van der Waals surface area contributed by atoms with Crippen molar-refractivity contribution in [2.75, 3.05) is 0 Å². The third-order valence-electron chi connectivity index (χ3n) is 5.59. The van der Waals surface area contributed by atoms with Crippen molar-refractivity contribution >= 4 is 26.2 Å². The second-order valence-electron chi connectivity index (χ2n) is 8.60. The first-order valence-electron chi connectivity index (χ1n) is 12.2. The van der Waals surface area contributed by atoms with Gasteiger partial charge in [-0.1, -0.05) is 103 Å². The van der Waals surface area contributed by atoms with Gasteiger partial charge in [-0.2, -0.15) is 0 Å². The van der Waals surface area contributed by atoms with Crippen LogP contribution in [0.4, 0.5) is 0 Å². The number of phosphoric ester groups is 1. The lowest BCUT2D eigenvalue weighted by Gasteiger charge is -2.19. The summed E-state index contributed by atoms with van der Waals surface area (Å²) in [4.78, 5) is 12.3. The van der Waals surface area contributed by atoms with Gasteiger partial charge in [0.1, 0.15) is 18.4 Å². The van der Waals surface area contributed by atoms with Crippen LogP contribution in [0.15, 0.2) is 115 Å². The molecule has 0 amide bonds. The summed E-state index contributed by atoms with van der Waals surface area (Å²) in [5.41, 5.74) is 9.41. The van der Waals surface area contributed by atoms with Gasteiger partial charge in [-0.15, -0.1) is 12.4 Å². The molecule has 0 aromatic heterocycles. The average molecular weight is 568 g/mol. The molecular weight excluding hydrogens is 537 g/mol. The van der Waals surface area contributed by atoms with Gasteiger partial charge in [-0.05, 0) is 40.8 Å². The second-order valence-corrected chi connectivity index (χ2v) is 10.2. The van der Waals surface area contributed by atoms with E-state index in [4.69, 9.17) is 24.0 Å². The first-order valence-corrected chi connectivity index (χ1v) is 13.7.